The third kappa shape index (κ3) is 4.84. The summed E-state index contributed by atoms with van der Waals surface area (Å²) in [5.74, 6) is 1.93. The van der Waals surface area contributed by atoms with E-state index in [-0.39, 0.29) is 0 Å². The second-order valence-corrected chi connectivity index (χ2v) is 15.4. The lowest BCUT2D eigenvalue weighted by atomic mass is 10.0. The van der Waals surface area contributed by atoms with Crippen molar-refractivity contribution < 1.29 is 0 Å². The normalized spacial score (nSPS) is 11.9. The summed E-state index contributed by atoms with van der Waals surface area (Å²) in [4.78, 5) is 15.5. The molecule has 12 rings (SSSR count). The Kier molecular flexibility index (Phi) is 7.03. The Bertz CT molecular complexity index is 3360. The highest BCUT2D eigenvalue weighted by Gasteiger charge is 2.24. The predicted molar refractivity (Wildman–Crippen MR) is 238 cm³/mol. The molecule has 0 atom stereocenters. The quantitative estimate of drug-likeness (QED) is 0.176. The second kappa shape index (κ2) is 12.6. The van der Waals surface area contributed by atoms with E-state index in [0.29, 0.717) is 17.5 Å². The van der Waals surface area contributed by atoms with Gasteiger partial charge < -0.3 is 9.13 Å². The molecule has 57 heavy (non-hydrogen) atoms. The molecule has 0 bridgehead atoms. The van der Waals surface area contributed by atoms with Gasteiger partial charge in [0.25, 0.3) is 0 Å². The Hall–Kier alpha value is -7.41. The van der Waals surface area contributed by atoms with E-state index >= 15 is 0 Å². The fourth-order valence-electron chi connectivity index (χ4n) is 8.71. The summed E-state index contributed by atoms with van der Waals surface area (Å²) in [6, 6.07) is 66.5. The van der Waals surface area contributed by atoms with Crippen LogP contribution in [0.15, 0.2) is 188 Å². The fourth-order valence-corrected chi connectivity index (χ4v) is 10.0. The Morgan fingerprint density at radius 2 is 0.719 bits per heavy atom. The van der Waals surface area contributed by atoms with Crippen molar-refractivity contribution >= 4 is 75.1 Å². The molecule has 0 saturated heterocycles. The summed E-state index contributed by atoms with van der Waals surface area (Å²) in [7, 11) is 0. The van der Waals surface area contributed by atoms with Gasteiger partial charge in [0.05, 0.1) is 42.8 Å². The van der Waals surface area contributed by atoms with E-state index in [0.717, 1.165) is 38.8 Å². The van der Waals surface area contributed by atoms with Gasteiger partial charge in [0, 0.05) is 49.0 Å². The van der Waals surface area contributed by atoms with Gasteiger partial charge in [-0.3, -0.25) is 0 Å². The number of thiophene rings is 1. The standard InChI is InChI=1S/C51H31N5S/c1-3-16-32(17-4-1)49-52-50(33-18-5-2-6-19-33)54-51(53-49)39-30-31-45(56-42-27-13-9-22-36(42)37-23-10-14-28-43(37)56)48-46(39)38-24-15-29-44(47(38)57-48)55-40-25-11-7-20-34(40)35-21-8-12-26-41(35)55/h1-31H. The highest BCUT2D eigenvalue weighted by molar-refractivity contribution is 7.26. The lowest BCUT2D eigenvalue weighted by Crippen LogP contribution is -2.01. The van der Waals surface area contributed by atoms with Gasteiger partial charge in [0.15, 0.2) is 17.5 Å². The van der Waals surface area contributed by atoms with Crippen LogP contribution in [0.25, 0.3) is 109 Å². The van der Waals surface area contributed by atoms with E-state index in [4.69, 9.17) is 15.0 Å². The lowest BCUT2D eigenvalue weighted by Gasteiger charge is -2.13. The van der Waals surface area contributed by atoms with Crippen molar-refractivity contribution in [2.45, 2.75) is 0 Å². The SMILES string of the molecule is c1ccc(-c2nc(-c3ccccc3)nc(-c3ccc(-n4c5ccccc5c5ccccc54)c4sc5c(-n6c7ccccc7c7ccccc76)cccc5c34)n2)cc1. The van der Waals surface area contributed by atoms with Crippen LogP contribution in [0.1, 0.15) is 0 Å². The molecule has 0 unspecified atom stereocenters. The number of benzene rings is 8. The molecule has 5 nitrogen and oxygen atoms in total. The third-order valence-electron chi connectivity index (χ3n) is 11.2. The minimum atomic E-state index is 0.642. The Morgan fingerprint density at radius 3 is 1.21 bits per heavy atom. The molecule has 0 radical (unpaired) electrons. The molecular formula is C51H31N5S. The number of fused-ring (bicyclic) bond motifs is 9. The minimum absolute atomic E-state index is 0.642. The molecule has 0 aliphatic rings. The smallest absolute Gasteiger partial charge is 0.164 e. The Balaban J connectivity index is 1.22. The van der Waals surface area contributed by atoms with Crippen LogP contribution < -0.4 is 0 Å². The van der Waals surface area contributed by atoms with E-state index in [1.54, 1.807) is 0 Å². The molecule has 12 aromatic rings. The summed E-state index contributed by atoms with van der Waals surface area (Å²) < 4.78 is 7.25. The molecule has 0 amide bonds. The highest BCUT2D eigenvalue weighted by atomic mass is 32.1. The van der Waals surface area contributed by atoms with Crippen molar-refractivity contribution in [2.24, 2.45) is 0 Å². The topological polar surface area (TPSA) is 48.5 Å². The van der Waals surface area contributed by atoms with Crippen LogP contribution in [-0.4, -0.2) is 24.1 Å². The van der Waals surface area contributed by atoms with E-state index in [2.05, 4.69) is 161 Å². The second-order valence-electron chi connectivity index (χ2n) is 14.4. The molecule has 0 aliphatic heterocycles. The first-order chi connectivity index (χ1) is 28.3. The maximum atomic E-state index is 5.25. The third-order valence-corrected chi connectivity index (χ3v) is 12.4. The van der Waals surface area contributed by atoms with Gasteiger partial charge in [-0.25, -0.2) is 15.0 Å². The van der Waals surface area contributed by atoms with Crippen molar-refractivity contribution in [3.8, 4) is 45.5 Å². The van der Waals surface area contributed by atoms with Crippen LogP contribution in [0, 0.1) is 0 Å². The van der Waals surface area contributed by atoms with Crippen molar-refractivity contribution in [1.82, 2.24) is 24.1 Å². The fraction of sp³-hybridized carbons (Fsp3) is 0. The minimum Gasteiger partial charge on any atom is -0.308 e. The maximum Gasteiger partial charge on any atom is 0.164 e. The molecule has 4 aromatic heterocycles. The van der Waals surface area contributed by atoms with Gasteiger partial charge in [-0.2, -0.15) is 0 Å². The average molecular weight is 746 g/mol. The average Bonchev–Trinajstić information content (AvgIpc) is 3.95. The largest absolute Gasteiger partial charge is 0.308 e. The maximum absolute atomic E-state index is 5.25. The molecule has 8 aromatic carbocycles. The molecular weight excluding hydrogens is 715 g/mol. The summed E-state index contributed by atoms with van der Waals surface area (Å²) in [5.41, 5.74) is 9.85. The molecule has 0 saturated carbocycles. The van der Waals surface area contributed by atoms with E-state index in [9.17, 15) is 0 Å². The van der Waals surface area contributed by atoms with E-state index < -0.39 is 0 Å². The van der Waals surface area contributed by atoms with Gasteiger partial charge in [-0.05, 0) is 42.5 Å². The number of para-hydroxylation sites is 4. The number of hydrogen-bond donors (Lipinski definition) is 0. The zero-order chi connectivity index (χ0) is 37.5. The van der Waals surface area contributed by atoms with E-state index in [1.165, 1.54) is 53.0 Å². The van der Waals surface area contributed by atoms with E-state index in [1.807, 2.05) is 47.7 Å². The van der Waals surface area contributed by atoms with Gasteiger partial charge in [-0.15, -0.1) is 11.3 Å². The summed E-state index contributed by atoms with van der Waals surface area (Å²) >= 11 is 1.84. The first kappa shape index (κ1) is 31.9. The monoisotopic (exact) mass is 745 g/mol. The first-order valence-electron chi connectivity index (χ1n) is 19.1. The van der Waals surface area contributed by atoms with Crippen LogP contribution in [0.2, 0.25) is 0 Å². The number of aromatic nitrogens is 5. The lowest BCUT2D eigenvalue weighted by molar-refractivity contribution is 1.08. The van der Waals surface area contributed by atoms with Crippen LogP contribution in [0.3, 0.4) is 0 Å². The van der Waals surface area contributed by atoms with Crippen molar-refractivity contribution in [2.75, 3.05) is 0 Å². The predicted octanol–water partition coefficient (Wildman–Crippen LogP) is 13.4. The van der Waals surface area contributed by atoms with Crippen molar-refractivity contribution in [3.63, 3.8) is 0 Å². The molecule has 6 heteroatoms. The molecule has 0 spiro atoms. The molecule has 4 heterocycles. The zero-order valence-corrected chi connectivity index (χ0v) is 31.4. The van der Waals surface area contributed by atoms with Crippen LogP contribution >= 0.6 is 11.3 Å². The molecule has 0 aliphatic carbocycles. The molecule has 266 valence electrons. The van der Waals surface area contributed by atoms with Gasteiger partial charge in [0.1, 0.15) is 0 Å². The van der Waals surface area contributed by atoms with Crippen molar-refractivity contribution in [1.29, 1.82) is 0 Å². The summed E-state index contributed by atoms with van der Waals surface area (Å²) in [6.07, 6.45) is 0. The van der Waals surface area contributed by atoms with Crippen LogP contribution in [0.5, 0.6) is 0 Å². The van der Waals surface area contributed by atoms with Gasteiger partial charge in [-0.1, -0.05) is 146 Å². The van der Waals surface area contributed by atoms with Crippen molar-refractivity contribution in [3.05, 3.63) is 188 Å². The van der Waals surface area contributed by atoms with Crippen LogP contribution in [-0.2, 0) is 0 Å². The first-order valence-corrected chi connectivity index (χ1v) is 19.9. The van der Waals surface area contributed by atoms with Gasteiger partial charge >= 0.3 is 0 Å². The van der Waals surface area contributed by atoms with Crippen LogP contribution in [0.4, 0.5) is 0 Å². The summed E-state index contributed by atoms with van der Waals surface area (Å²) in [5, 5.41) is 7.23. The van der Waals surface area contributed by atoms with Gasteiger partial charge in [0.2, 0.25) is 0 Å². The number of hydrogen-bond acceptors (Lipinski definition) is 4. The molecule has 0 fully saturated rings. The summed E-state index contributed by atoms with van der Waals surface area (Å²) in [6.45, 7) is 0. The zero-order valence-electron chi connectivity index (χ0n) is 30.5. The number of rotatable bonds is 5. The number of nitrogens with zero attached hydrogens (tertiary/aromatic N) is 5. The molecule has 0 N–H and O–H groups in total. The Labute approximate surface area is 331 Å². The highest BCUT2D eigenvalue weighted by Crippen LogP contribution is 2.47. The Morgan fingerprint density at radius 1 is 0.316 bits per heavy atom.